The molecule has 0 unspecified atom stereocenters. The summed E-state index contributed by atoms with van der Waals surface area (Å²) in [6, 6.07) is 28.7. The fourth-order valence-electron chi connectivity index (χ4n) is 2.49. The highest BCUT2D eigenvalue weighted by Crippen LogP contribution is 2.22. The van der Waals surface area contributed by atoms with Crippen LogP contribution in [0.2, 0.25) is 0 Å². The Kier molecular flexibility index (Phi) is 4.44. The van der Waals surface area contributed by atoms with Gasteiger partial charge in [-0.1, -0.05) is 48.5 Å². The first-order valence-corrected chi connectivity index (χ1v) is 7.53. The Morgan fingerprint density at radius 2 is 1.00 bits per heavy atom. The van der Waals surface area contributed by atoms with E-state index in [1.165, 1.54) is 21.5 Å². The van der Waals surface area contributed by atoms with Crippen LogP contribution in [0.3, 0.4) is 0 Å². The number of benzene rings is 4. The summed E-state index contributed by atoms with van der Waals surface area (Å²) in [5.41, 5.74) is 6.19. The Morgan fingerprint density at radius 3 is 1.35 bits per heavy atom. The minimum absolute atomic E-state index is 0.760. The topological polar surface area (TPSA) is 35.2 Å². The quantitative estimate of drug-likeness (QED) is 0.384. The molecule has 0 saturated carbocycles. The van der Waals surface area contributed by atoms with Gasteiger partial charge in [0.2, 0.25) is 0 Å². The van der Waals surface area contributed by atoms with E-state index in [1.807, 2.05) is 12.1 Å². The molecular weight excluding hydrogens is 282 g/mol. The van der Waals surface area contributed by atoms with E-state index in [2.05, 4.69) is 60.7 Å². The van der Waals surface area contributed by atoms with Crippen molar-refractivity contribution in [3.63, 3.8) is 0 Å². The molecule has 114 valence electrons. The van der Waals surface area contributed by atoms with Gasteiger partial charge in [0.05, 0.1) is 7.11 Å². The number of hydrogen-bond donors (Lipinski definition) is 1. The van der Waals surface area contributed by atoms with Gasteiger partial charge in [0.1, 0.15) is 5.75 Å². The van der Waals surface area contributed by atoms with Crippen LogP contribution in [0.25, 0.3) is 21.5 Å². The van der Waals surface area contributed by atoms with Crippen molar-refractivity contribution in [1.29, 1.82) is 0 Å². The maximum absolute atomic E-state index is 5.43. The largest absolute Gasteiger partial charge is 0.497 e. The number of methoxy groups -OCH3 is 1. The van der Waals surface area contributed by atoms with E-state index in [9.17, 15) is 0 Å². The number of ether oxygens (including phenoxy) is 1. The van der Waals surface area contributed by atoms with E-state index in [4.69, 9.17) is 10.5 Å². The molecule has 0 aliphatic carbocycles. The van der Waals surface area contributed by atoms with Crippen LogP contribution < -0.4 is 10.5 Å². The lowest BCUT2D eigenvalue weighted by Crippen LogP contribution is -1.84. The number of rotatable bonds is 1. The zero-order valence-electron chi connectivity index (χ0n) is 13.1. The van der Waals surface area contributed by atoms with Gasteiger partial charge in [0.15, 0.2) is 0 Å². The summed E-state index contributed by atoms with van der Waals surface area (Å²) in [5.74, 6) is 0.837. The van der Waals surface area contributed by atoms with Gasteiger partial charge in [-0.2, -0.15) is 0 Å². The zero-order valence-corrected chi connectivity index (χ0v) is 13.1. The van der Waals surface area contributed by atoms with Crippen LogP contribution in [-0.2, 0) is 0 Å². The predicted octanol–water partition coefficient (Wildman–Crippen LogP) is 5.27. The van der Waals surface area contributed by atoms with Crippen LogP contribution in [0.15, 0.2) is 84.9 Å². The molecule has 0 fully saturated rings. The molecule has 0 radical (unpaired) electrons. The van der Waals surface area contributed by atoms with Crippen molar-refractivity contribution >= 4 is 27.2 Å². The average molecular weight is 301 g/mol. The number of fused-ring (bicyclic) bond motifs is 2. The van der Waals surface area contributed by atoms with E-state index >= 15 is 0 Å². The second-order valence-corrected chi connectivity index (χ2v) is 5.32. The van der Waals surface area contributed by atoms with Crippen LogP contribution in [-0.4, -0.2) is 7.11 Å². The first-order valence-electron chi connectivity index (χ1n) is 7.53. The molecule has 4 aromatic rings. The van der Waals surface area contributed by atoms with Crippen molar-refractivity contribution in [2.45, 2.75) is 0 Å². The maximum Gasteiger partial charge on any atom is 0.119 e. The van der Waals surface area contributed by atoms with Crippen molar-refractivity contribution in [1.82, 2.24) is 0 Å². The third-order valence-corrected chi connectivity index (χ3v) is 3.73. The van der Waals surface area contributed by atoms with E-state index in [0.717, 1.165) is 11.4 Å². The highest BCUT2D eigenvalue weighted by atomic mass is 16.5. The molecule has 0 aliphatic rings. The molecular formula is C21H19NO. The smallest absolute Gasteiger partial charge is 0.119 e. The molecule has 0 heterocycles. The molecule has 0 saturated heterocycles. The maximum atomic E-state index is 5.43. The minimum atomic E-state index is 0.760. The normalized spacial score (nSPS) is 10.1. The number of nitrogen functional groups attached to an aromatic ring is 1. The summed E-state index contributed by atoms with van der Waals surface area (Å²) in [5, 5.41) is 5.25. The standard InChI is InChI=1S/C14H10.C7H9NO/c1-2-6-12-10-14-8-4-3-7-13(14)9-11(12)5-1;1-9-7-4-2-6(8)3-5-7/h1-10H;2-5H,8H2,1H3. The predicted molar refractivity (Wildman–Crippen MR) is 98.9 cm³/mol. The summed E-state index contributed by atoms with van der Waals surface area (Å²) in [6.07, 6.45) is 0. The fraction of sp³-hybridized carbons (Fsp3) is 0.0476. The molecule has 4 aromatic carbocycles. The number of anilines is 1. The summed E-state index contributed by atoms with van der Waals surface area (Å²) in [7, 11) is 1.63. The second kappa shape index (κ2) is 6.84. The van der Waals surface area contributed by atoms with Gasteiger partial charge >= 0.3 is 0 Å². The SMILES string of the molecule is COc1ccc(N)cc1.c1ccc2cc3ccccc3cc2c1. The molecule has 2 heteroatoms. The zero-order chi connectivity index (χ0) is 16.1. The van der Waals surface area contributed by atoms with Gasteiger partial charge in [-0.05, 0) is 57.9 Å². The molecule has 0 atom stereocenters. The fourth-order valence-corrected chi connectivity index (χ4v) is 2.49. The van der Waals surface area contributed by atoms with E-state index < -0.39 is 0 Å². The van der Waals surface area contributed by atoms with Crippen LogP contribution in [0.5, 0.6) is 5.75 Å². The lowest BCUT2D eigenvalue weighted by Gasteiger charge is -2.00. The van der Waals surface area contributed by atoms with Gasteiger partial charge in [-0.3, -0.25) is 0 Å². The Balaban J connectivity index is 0.000000151. The first kappa shape index (κ1) is 14.9. The Bertz CT molecular complexity index is 808. The van der Waals surface area contributed by atoms with E-state index in [-0.39, 0.29) is 0 Å². The van der Waals surface area contributed by atoms with E-state index in [1.54, 1.807) is 19.2 Å². The van der Waals surface area contributed by atoms with Crippen molar-refractivity contribution in [3.8, 4) is 5.75 Å². The molecule has 0 aromatic heterocycles. The Morgan fingerprint density at radius 1 is 0.609 bits per heavy atom. The highest BCUT2D eigenvalue weighted by Gasteiger charge is 1.95. The van der Waals surface area contributed by atoms with Gasteiger partial charge in [0.25, 0.3) is 0 Å². The number of nitrogens with two attached hydrogens (primary N) is 1. The molecule has 0 aliphatic heterocycles. The first-order chi connectivity index (χ1) is 11.3. The van der Waals surface area contributed by atoms with Crippen LogP contribution >= 0.6 is 0 Å². The summed E-state index contributed by atoms with van der Waals surface area (Å²) >= 11 is 0. The van der Waals surface area contributed by atoms with Gasteiger partial charge in [-0.25, -0.2) is 0 Å². The van der Waals surface area contributed by atoms with Gasteiger partial charge in [0, 0.05) is 5.69 Å². The Labute approximate surface area is 136 Å². The lowest BCUT2D eigenvalue weighted by molar-refractivity contribution is 0.415. The summed E-state index contributed by atoms with van der Waals surface area (Å²) in [6.45, 7) is 0. The van der Waals surface area contributed by atoms with Crippen molar-refractivity contribution in [2.75, 3.05) is 12.8 Å². The van der Waals surface area contributed by atoms with Crippen molar-refractivity contribution in [3.05, 3.63) is 84.9 Å². The summed E-state index contributed by atoms with van der Waals surface area (Å²) in [4.78, 5) is 0. The van der Waals surface area contributed by atoms with E-state index in [0.29, 0.717) is 0 Å². The van der Waals surface area contributed by atoms with Crippen LogP contribution in [0.1, 0.15) is 0 Å². The molecule has 4 rings (SSSR count). The average Bonchev–Trinajstić information content (AvgIpc) is 2.61. The highest BCUT2D eigenvalue weighted by molar-refractivity contribution is 5.98. The Hall–Kier alpha value is -3.00. The van der Waals surface area contributed by atoms with Crippen LogP contribution in [0, 0.1) is 0 Å². The monoisotopic (exact) mass is 301 g/mol. The molecule has 23 heavy (non-hydrogen) atoms. The minimum Gasteiger partial charge on any atom is -0.497 e. The van der Waals surface area contributed by atoms with Gasteiger partial charge in [-0.15, -0.1) is 0 Å². The summed E-state index contributed by atoms with van der Waals surface area (Å²) < 4.78 is 4.91. The molecule has 2 N–H and O–H groups in total. The number of hydrogen-bond acceptors (Lipinski definition) is 2. The van der Waals surface area contributed by atoms with Gasteiger partial charge < -0.3 is 10.5 Å². The van der Waals surface area contributed by atoms with Crippen LogP contribution in [0.4, 0.5) is 5.69 Å². The molecule has 2 nitrogen and oxygen atoms in total. The third-order valence-electron chi connectivity index (χ3n) is 3.73. The van der Waals surface area contributed by atoms with Crippen molar-refractivity contribution in [2.24, 2.45) is 0 Å². The van der Waals surface area contributed by atoms with Crippen molar-refractivity contribution < 1.29 is 4.74 Å². The second-order valence-electron chi connectivity index (χ2n) is 5.32. The molecule has 0 spiro atoms. The molecule has 0 bridgehead atoms. The lowest BCUT2D eigenvalue weighted by atomic mass is 10.0. The third kappa shape index (κ3) is 3.61. The molecule has 0 amide bonds.